The molecule has 150 valence electrons. The van der Waals surface area contributed by atoms with E-state index in [1.165, 1.54) is 11.3 Å². The summed E-state index contributed by atoms with van der Waals surface area (Å²) in [6.07, 6.45) is 0. The lowest BCUT2D eigenvalue weighted by molar-refractivity contribution is 0.0944. The van der Waals surface area contributed by atoms with Crippen molar-refractivity contribution in [2.45, 2.75) is 6.54 Å². The number of fused-ring (bicyclic) bond motifs is 1. The Morgan fingerprint density at radius 2 is 2.20 bits per heavy atom. The van der Waals surface area contributed by atoms with Gasteiger partial charge in [-0.25, -0.2) is 9.78 Å². The first kappa shape index (κ1) is 18.1. The molecular formula is C19H15N7O3S. The molecule has 30 heavy (non-hydrogen) atoms. The Bertz CT molecular complexity index is 1410. The van der Waals surface area contributed by atoms with Crippen molar-refractivity contribution in [2.75, 3.05) is 0 Å². The topological polar surface area (TPSA) is 134 Å². The number of rotatable bonds is 5. The minimum atomic E-state index is -0.542. The van der Waals surface area contributed by atoms with E-state index in [-0.39, 0.29) is 11.8 Å². The van der Waals surface area contributed by atoms with Crippen LogP contribution in [0.3, 0.4) is 0 Å². The van der Waals surface area contributed by atoms with Crippen molar-refractivity contribution in [3.05, 3.63) is 63.1 Å². The summed E-state index contributed by atoms with van der Waals surface area (Å²) < 4.78 is 6.72. The lowest BCUT2D eigenvalue weighted by Gasteiger charge is -2.01. The van der Waals surface area contributed by atoms with Gasteiger partial charge in [0.15, 0.2) is 5.69 Å². The number of nitrogens with zero attached hydrogens (tertiary/aromatic N) is 4. The van der Waals surface area contributed by atoms with Crippen molar-refractivity contribution >= 4 is 28.1 Å². The normalized spacial score (nSPS) is 11.2. The molecule has 1 amide bonds. The van der Waals surface area contributed by atoms with Crippen LogP contribution in [0.5, 0.6) is 0 Å². The smallest absolute Gasteiger partial charge is 0.355 e. The number of thiazole rings is 1. The van der Waals surface area contributed by atoms with Gasteiger partial charge in [-0.05, 0) is 24.3 Å². The van der Waals surface area contributed by atoms with Gasteiger partial charge in [0.2, 0.25) is 0 Å². The third-order valence-corrected chi connectivity index (χ3v) is 5.25. The molecule has 0 atom stereocenters. The molecule has 5 rings (SSSR count). The van der Waals surface area contributed by atoms with Crippen LogP contribution in [0.4, 0.5) is 0 Å². The number of aromatic nitrogens is 6. The second-order valence-electron chi connectivity index (χ2n) is 6.61. The molecule has 0 aliphatic heterocycles. The number of aryl methyl sites for hydroxylation is 1. The number of amides is 1. The lowest BCUT2D eigenvalue weighted by Crippen LogP contribution is -2.23. The zero-order chi connectivity index (χ0) is 20.7. The van der Waals surface area contributed by atoms with Crippen molar-refractivity contribution in [3.63, 3.8) is 0 Å². The molecule has 4 aromatic heterocycles. The van der Waals surface area contributed by atoms with Crippen LogP contribution >= 0.6 is 11.3 Å². The highest BCUT2D eigenvalue weighted by atomic mass is 32.1. The summed E-state index contributed by atoms with van der Waals surface area (Å²) in [5, 5.41) is 12.1. The quantitative estimate of drug-likeness (QED) is 0.399. The van der Waals surface area contributed by atoms with Crippen LogP contribution in [0.25, 0.3) is 33.7 Å². The van der Waals surface area contributed by atoms with Crippen LogP contribution in [-0.2, 0) is 13.6 Å². The van der Waals surface area contributed by atoms with Crippen molar-refractivity contribution < 1.29 is 9.32 Å². The first-order chi connectivity index (χ1) is 14.6. The van der Waals surface area contributed by atoms with Crippen LogP contribution in [0.2, 0.25) is 0 Å². The minimum Gasteiger partial charge on any atom is -0.355 e. The molecule has 0 radical (unpaired) electrons. The third kappa shape index (κ3) is 3.31. The monoisotopic (exact) mass is 421 g/mol. The van der Waals surface area contributed by atoms with E-state index in [4.69, 9.17) is 4.52 Å². The predicted octanol–water partition coefficient (Wildman–Crippen LogP) is 2.30. The van der Waals surface area contributed by atoms with Crippen molar-refractivity contribution in [1.82, 2.24) is 35.2 Å². The molecule has 5 aromatic rings. The Balaban J connectivity index is 1.42. The SMILES string of the molecule is Cn1nc(C(=O)NCc2cscn2)cc1-c1ccc2[nH]c(-c3nc(=O)[nH]o3)cc2c1. The van der Waals surface area contributed by atoms with Gasteiger partial charge in [-0.15, -0.1) is 11.3 Å². The molecule has 0 aliphatic rings. The highest BCUT2D eigenvalue weighted by molar-refractivity contribution is 7.07. The molecule has 11 heteroatoms. The lowest BCUT2D eigenvalue weighted by atomic mass is 10.1. The van der Waals surface area contributed by atoms with Gasteiger partial charge in [-0.1, -0.05) is 6.07 Å². The molecule has 0 bridgehead atoms. The molecule has 1 aromatic carbocycles. The Hall–Kier alpha value is -3.99. The second kappa shape index (κ2) is 7.12. The molecule has 3 N–H and O–H groups in total. The summed E-state index contributed by atoms with van der Waals surface area (Å²) in [6.45, 7) is 0.357. The zero-order valence-electron chi connectivity index (χ0n) is 15.7. The molecule has 0 fully saturated rings. The maximum atomic E-state index is 12.4. The maximum Gasteiger partial charge on any atom is 0.377 e. The van der Waals surface area contributed by atoms with Gasteiger partial charge in [0.1, 0.15) is 5.69 Å². The fourth-order valence-corrected chi connectivity index (χ4v) is 3.75. The Morgan fingerprint density at radius 1 is 1.30 bits per heavy atom. The van der Waals surface area contributed by atoms with Crippen LogP contribution in [0.1, 0.15) is 16.2 Å². The van der Waals surface area contributed by atoms with E-state index in [2.05, 4.69) is 30.5 Å². The van der Waals surface area contributed by atoms with E-state index in [1.54, 1.807) is 23.3 Å². The van der Waals surface area contributed by atoms with Crippen LogP contribution in [0.15, 0.2) is 50.5 Å². The molecule has 0 saturated carbocycles. The van der Waals surface area contributed by atoms with Crippen LogP contribution < -0.4 is 11.0 Å². The molecular weight excluding hydrogens is 406 g/mol. The fraction of sp³-hybridized carbons (Fsp3) is 0.105. The van der Waals surface area contributed by atoms with E-state index >= 15 is 0 Å². The van der Waals surface area contributed by atoms with E-state index in [1.807, 2.05) is 29.6 Å². The summed E-state index contributed by atoms with van der Waals surface area (Å²) in [7, 11) is 1.79. The average Bonchev–Trinajstić information content (AvgIpc) is 3.51. The molecule has 0 aliphatic carbocycles. The number of H-pyrrole nitrogens is 2. The van der Waals surface area contributed by atoms with Gasteiger partial charge < -0.3 is 14.8 Å². The first-order valence-electron chi connectivity index (χ1n) is 8.95. The first-order valence-corrected chi connectivity index (χ1v) is 9.89. The van der Waals surface area contributed by atoms with Gasteiger partial charge in [0, 0.05) is 28.9 Å². The maximum absolute atomic E-state index is 12.4. The molecule has 0 spiro atoms. The Morgan fingerprint density at radius 3 is 2.97 bits per heavy atom. The average molecular weight is 421 g/mol. The number of carbonyl (C=O) groups is 1. The standard InChI is InChI=1S/C19H15N7O3S/c1-26-16(6-14(24-26)17(27)20-7-12-8-30-9-21-12)10-2-3-13-11(4-10)5-15(22-13)18-23-19(28)25-29-18/h2-6,8-9,22H,7H2,1H3,(H,20,27)(H,25,28). The van der Waals surface area contributed by atoms with E-state index in [9.17, 15) is 9.59 Å². The van der Waals surface area contributed by atoms with Gasteiger partial charge in [0.05, 0.1) is 23.4 Å². The number of aromatic amines is 2. The summed E-state index contributed by atoms with van der Waals surface area (Å²) in [5.74, 6) is -0.0687. The van der Waals surface area contributed by atoms with Crippen LogP contribution in [0, 0.1) is 0 Å². The minimum absolute atomic E-state index is 0.192. The van der Waals surface area contributed by atoms with E-state index < -0.39 is 5.69 Å². The molecule has 10 nitrogen and oxygen atoms in total. The summed E-state index contributed by atoms with van der Waals surface area (Å²) in [4.78, 5) is 34.7. The number of carbonyl (C=O) groups excluding carboxylic acids is 1. The molecule has 0 saturated heterocycles. The van der Waals surface area contributed by atoms with Crippen LogP contribution in [-0.4, -0.2) is 35.8 Å². The van der Waals surface area contributed by atoms with Gasteiger partial charge in [0.25, 0.3) is 11.8 Å². The number of nitrogens with one attached hydrogen (secondary N) is 3. The third-order valence-electron chi connectivity index (χ3n) is 4.61. The van der Waals surface area contributed by atoms with E-state index in [0.717, 1.165) is 27.9 Å². The summed E-state index contributed by atoms with van der Waals surface area (Å²) >= 11 is 1.48. The van der Waals surface area contributed by atoms with Crippen molar-refractivity contribution in [3.8, 4) is 22.8 Å². The predicted molar refractivity (Wildman–Crippen MR) is 110 cm³/mol. The second-order valence-corrected chi connectivity index (χ2v) is 7.33. The highest BCUT2D eigenvalue weighted by Crippen LogP contribution is 2.27. The number of hydrogen-bond donors (Lipinski definition) is 3. The Kier molecular flexibility index (Phi) is 4.29. The van der Waals surface area contributed by atoms with Crippen molar-refractivity contribution in [2.24, 2.45) is 7.05 Å². The highest BCUT2D eigenvalue weighted by Gasteiger charge is 2.15. The summed E-state index contributed by atoms with van der Waals surface area (Å²) in [5.41, 5.74) is 5.47. The number of benzene rings is 1. The van der Waals surface area contributed by atoms with E-state index in [0.29, 0.717) is 17.9 Å². The van der Waals surface area contributed by atoms with Gasteiger partial charge in [-0.2, -0.15) is 15.2 Å². The molecule has 4 heterocycles. The number of hydrogen-bond acceptors (Lipinski definition) is 7. The molecule has 0 unspecified atom stereocenters. The Labute approximate surface area is 172 Å². The van der Waals surface area contributed by atoms with Gasteiger partial charge in [-0.3, -0.25) is 9.48 Å². The fourth-order valence-electron chi connectivity index (χ4n) is 3.19. The van der Waals surface area contributed by atoms with Gasteiger partial charge >= 0.3 is 5.69 Å². The largest absolute Gasteiger partial charge is 0.377 e. The van der Waals surface area contributed by atoms with Crippen molar-refractivity contribution in [1.29, 1.82) is 0 Å². The summed E-state index contributed by atoms with van der Waals surface area (Å²) in [6, 6.07) is 9.40. The zero-order valence-corrected chi connectivity index (χ0v) is 16.5.